The quantitative estimate of drug-likeness (QED) is 0.857. The maximum atomic E-state index is 12.6. The van der Waals surface area contributed by atoms with Gasteiger partial charge in [-0.3, -0.25) is 0 Å². The van der Waals surface area contributed by atoms with Crippen LogP contribution in [-0.4, -0.2) is 17.5 Å². The number of hydrogen-bond donors (Lipinski definition) is 1. The van der Waals surface area contributed by atoms with Crippen LogP contribution in [0, 0.1) is 13.8 Å². The average Bonchev–Trinajstić information content (AvgIpc) is 2.97. The Kier molecular flexibility index (Phi) is 4.14. The molecule has 3 rings (SSSR count). The van der Waals surface area contributed by atoms with Crippen molar-refractivity contribution < 1.29 is 4.79 Å². The summed E-state index contributed by atoms with van der Waals surface area (Å²) in [5.74, 6) is 0. The van der Waals surface area contributed by atoms with Gasteiger partial charge in [-0.05, 0) is 55.5 Å². The third-order valence-corrected chi connectivity index (χ3v) is 4.33. The number of benzene rings is 2. The van der Waals surface area contributed by atoms with Gasteiger partial charge in [-0.2, -0.15) is 0 Å². The molecule has 1 N–H and O–H groups in total. The van der Waals surface area contributed by atoms with E-state index >= 15 is 0 Å². The Bertz CT molecular complexity index is 681. The smallest absolute Gasteiger partial charge is 0.317 e. The van der Waals surface area contributed by atoms with Gasteiger partial charge in [0.2, 0.25) is 0 Å². The van der Waals surface area contributed by atoms with Crippen LogP contribution in [0.25, 0.3) is 0 Å². The lowest BCUT2D eigenvalue weighted by atomic mass is 9.99. The van der Waals surface area contributed by atoms with E-state index in [9.17, 15) is 4.79 Å². The van der Waals surface area contributed by atoms with Crippen molar-refractivity contribution in [2.24, 2.45) is 0 Å². The first-order chi connectivity index (χ1) is 10.6. The van der Waals surface area contributed by atoms with E-state index in [0.717, 1.165) is 30.6 Å². The third-order valence-electron chi connectivity index (χ3n) is 4.33. The molecule has 0 spiro atoms. The van der Waals surface area contributed by atoms with Crippen LogP contribution in [0.5, 0.6) is 0 Å². The van der Waals surface area contributed by atoms with Gasteiger partial charge < -0.3 is 10.2 Å². The second kappa shape index (κ2) is 6.22. The molecule has 0 aromatic heterocycles. The summed E-state index contributed by atoms with van der Waals surface area (Å²) in [5.41, 5.74) is 4.53. The van der Waals surface area contributed by atoms with Crippen LogP contribution in [0.4, 0.5) is 10.5 Å². The maximum Gasteiger partial charge on any atom is 0.322 e. The molecule has 1 fully saturated rings. The minimum atomic E-state index is -0.00338. The van der Waals surface area contributed by atoms with Crippen molar-refractivity contribution in [3.8, 4) is 0 Å². The van der Waals surface area contributed by atoms with Crippen LogP contribution in [0.3, 0.4) is 0 Å². The minimum Gasteiger partial charge on any atom is -0.317 e. The summed E-state index contributed by atoms with van der Waals surface area (Å²) in [6, 6.07) is 16.5. The zero-order valence-corrected chi connectivity index (χ0v) is 13.2. The van der Waals surface area contributed by atoms with Gasteiger partial charge in [0.05, 0.1) is 6.04 Å². The van der Waals surface area contributed by atoms with Gasteiger partial charge in [-0.1, -0.05) is 36.4 Å². The summed E-state index contributed by atoms with van der Waals surface area (Å²) in [6.45, 7) is 4.96. The molecular formula is C19H22N2O. The highest BCUT2D eigenvalue weighted by Crippen LogP contribution is 2.34. The van der Waals surface area contributed by atoms with E-state index in [4.69, 9.17) is 0 Å². The largest absolute Gasteiger partial charge is 0.322 e. The highest BCUT2D eigenvalue weighted by Gasteiger charge is 2.30. The molecule has 3 nitrogen and oxygen atoms in total. The molecule has 1 heterocycles. The zero-order valence-electron chi connectivity index (χ0n) is 13.2. The lowest BCUT2D eigenvalue weighted by Crippen LogP contribution is -2.34. The Balaban J connectivity index is 1.78. The van der Waals surface area contributed by atoms with Gasteiger partial charge in [0.1, 0.15) is 0 Å². The van der Waals surface area contributed by atoms with Gasteiger partial charge in [-0.15, -0.1) is 0 Å². The number of aryl methyl sites for hydroxylation is 2. The van der Waals surface area contributed by atoms with Crippen molar-refractivity contribution in [2.75, 3.05) is 11.9 Å². The predicted molar refractivity (Wildman–Crippen MR) is 90.1 cm³/mol. The fourth-order valence-electron chi connectivity index (χ4n) is 3.21. The maximum absolute atomic E-state index is 12.6. The van der Waals surface area contributed by atoms with Crippen molar-refractivity contribution in [3.63, 3.8) is 0 Å². The number of amides is 2. The summed E-state index contributed by atoms with van der Waals surface area (Å²) in [5, 5.41) is 3.03. The molecule has 1 saturated heterocycles. The second-order valence-corrected chi connectivity index (χ2v) is 6.01. The van der Waals surface area contributed by atoms with E-state index in [2.05, 4.69) is 30.4 Å². The fraction of sp³-hybridized carbons (Fsp3) is 0.316. The molecule has 1 aliphatic rings. The van der Waals surface area contributed by atoms with Crippen LogP contribution in [0.2, 0.25) is 0 Å². The number of likely N-dealkylation sites (tertiary alicyclic amines) is 1. The lowest BCUT2D eigenvalue weighted by molar-refractivity contribution is 0.207. The third kappa shape index (κ3) is 2.98. The van der Waals surface area contributed by atoms with Gasteiger partial charge in [0.25, 0.3) is 0 Å². The summed E-state index contributed by atoms with van der Waals surface area (Å²) in [7, 11) is 0. The molecule has 2 aromatic rings. The van der Waals surface area contributed by atoms with Gasteiger partial charge in [0.15, 0.2) is 0 Å². The van der Waals surface area contributed by atoms with Crippen molar-refractivity contribution in [1.29, 1.82) is 0 Å². The Morgan fingerprint density at radius 3 is 2.73 bits per heavy atom. The van der Waals surface area contributed by atoms with Crippen LogP contribution < -0.4 is 5.32 Å². The summed E-state index contributed by atoms with van der Waals surface area (Å²) < 4.78 is 0. The molecule has 0 unspecified atom stereocenters. The number of carbonyl (C=O) groups excluding carboxylic acids is 1. The molecule has 0 radical (unpaired) electrons. The van der Waals surface area contributed by atoms with Crippen LogP contribution in [0.1, 0.15) is 35.6 Å². The molecule has 1 aliphatic heterocycles. The number of nitrogens with one attached hydrogen (secondary N) is 1. The summed E-state index contributed by atoms with van der Waals surface area (Å²) in [6.07, 6.45) is 2.09. The molecule has 114 valence electrons. The van der Waals surface area contributed by atoms with Gasteiger partial charge >= 0.3 is 6.03 Å². The van der Waals surface area contributed by atoms with E-state index in [0.29, 0.717) is 0 Å². The molecule has 3 heteroatoms. The SMILES string of the molecule is Cc1cccc(NC(=O)N2CCC[C@H]2c2ccccc2C)c1. The standard InChI is InChI=1S/C19H22N2O/c1-14-7-5-9-16(13-14)20-19(22)21-12-6-11-18(21)17-10-4-3-8-15(17)2/h3-5,7-10,13,18H,6,11-12H2,1-2H3,(H,20,22)/t18-/m0/s1. The number of urea groups is 1. The Morgan fingerprint density at radius 1 is 1.14 bits per heavy atom. The van der Waals surface area contributed by atoms with E-state index in [-0.39, 0.29) is 12.1 Å². The molecule has 2 amide bonds. The minimum absolute atomic E-state index is 0.00338. The molecular weight excluding hydrogens is 272 g/mol. The molecule has 2 aromatic carbocycles. The molecule has 1 atom stereocenters. The average molecular weight is 294 g/mol. The van der Waals surface area contributed by atoms with Crippen LogP contribution in [-0.2, 0) is 0 Å². The van der Waals surface area contributed by atoms with Gasteiger partial charge in [0, 0.05) is 12.2 Å². The Morgan fingerprint density at radius 2 is 1.95 bits per heavy atom. The Labute approximate surface area is 132 Å². The molecule has 0 bridgehead atoms. The fourth-order valence-corrected chi connectivity index (χ4v) is 3.21. The van der Waals surface area contributed by atoms with Crippen molar-refractivity contribution in [2.45, 2.75) is 32.7 Å². The monoisotopic (exact) mass is 294 g/mol. The second-order valence-electron chi connectivity index (χ2n) is 6.01. The number of anilines is 1. The topological polar surface area (TPSA) is 32.3 Å². The summed E-state index contributed by atoms with van der Waals surface area (Å²) in [4.78, 5) is 14.6. The van der Waals surface area contributed by atoms with Crippen molar-refractivity contribution in [3.05, 3.63) is 65.2 Å². The van der Waals surface area contributed by atoms with Crippen LogP contribution >= 0.6 is 0 Å². The Hall–Kier alpha value is -2.29. The predicted octanol–water partition coefficient (Wildman–Crippen LogP) is 4.67. The highest BCUT2D eigenvalue weighted by atomic mass is 16.2. The highest BCUT2D eigenvalue weighted by molar-refractivity contribution is 5.90. The first-order valence-corrected chi connectivity index (χ1v) is 7.85. The first-order valence-electron chi connectivity index (χ1n) is 7.85. The normalized spacial score (nSPS) is 17.5. The molecule has 0 saturated carbocycles. The van der Waals surface area contributed by atoms with Crippen molar-refractivity contribution in [1.82, 2.24) is 4.90 Å². The van der Waals surface area contributed by atoms with Crippen LogP contribution in [0.15, 0.2) is 48.5 Å². The number of carbonyl (C=O) groups is 1. The van der Waals surface area contributed by atoms with E-state index in [1.54, 1.807) is 0 Å². The number of rotatable bonds is 2. The number of hydrogen-bond acceptors (Lipinski definition) is 1. The van der Waals surface area contributed by atoms with E-state index in [1.807, 2.05) is 42.2 Å². The van der Waals surface area contributed by atoms with Gasteiger partial charge in [-0.25, -0.2) is 4.79 Å². The lowest BCUT2D eigenvalue weighted by Gasteiger charge is -2.26. The van der Waals surface area contributed by atoms with E-state index < -0.39 is 0 Å². The first kappa shape index (κ1) is 14.6. The van der Waals surface area contributed by atoms with E-state index in [1.165, 1.54) is 11.1 Å². The van der Waals surface area contributed by atoms with Crippen molar-refractivity contribution >= 4 is 11.7 Å². The number of nitrogens with zero attached hydrogens (tertiary/aromatic N) is 1. The molecule has 22 heavy (non-hydrogen) atoms. The molecule has 0 aliphatic carbocycles. The summed E-state index contributed by atoms with van der Waals surface area (Å²) >= 11 is 0. The zero-order chi connectivity index (χ0) is 15.5.